The van der Waals surface area contributed by atoms with E-state index in [0.29, 0.717) is 45.1 Å². The molecule has 24 heavy (non-hydrogen) atoms. The summed E-state index contributed by atoms with van der Waals surface area (Å²) < 4.78 is 6.90. The fourth-order valence-corrected chi connectivity index (χ4v) is 3.22. The molecule has 1 unspecified atom stereocenters. The highest BCUT2D eigenvalue weighted by atomic mass is 16.5. The zero-order valence-corrected chi connectivity index (χ0v) is 14.1. The number of likely N-dealkylation sites (tertiary alicyclic amines) is 1. The molecule has 1 N–H and O–H groups in total. The molecule has 0 spiro atoms. The van der Waals surface area contributed by atoms with Crippen LogP contribution in [-0.4, -0.2) is 83.4 Å². The van der Waals surface area contributed by atoms with Crippen LogP contribution in [0, 0.1) is 0 Å². The molecule has 132 valence electrons. The summed E-state index contributed by atoms with van der Waals surface area (Å²) in [5.41, 5.74) is 0.430. The fraction of sp³-hybridized carbons (Fsp3) is 0.688. The Morgan fingerprint density at radius 1 is 1.33 bits per heavy atom. The van der Waals surface area contributed by atoms with Gasteiger partial charge in [-0.2, -0.15) is 5.10 Å². The number of piperidine rings is 1. The second-order valence-corrected chi connectivity index (χ2v) is 6.42. The van der Waals surface area contributed by atoms with Gasteiger partial charge in [0.15, 0.2) is 0 Å². The molecule has 0 radical (unpaired) electrons. The minimum Gasteiger partial charge on any atom is -0.378 e. The zero-order chi connectivity index (χ0) is 16.9. The summed E-state index contributed by atoms with van der Waals surface area (Å²) in [6, 6.07) is 1.77. The smallest absolute Gasteiger partial charge is 0.272 e. The average Bonchev–Trinajstić information content (AvgIpc) is 3.02. The molecule has 2 amide bonds. The average molecular weight is 335 g/mol. The highest BCUT2D eigenvalue weighted by Crippen LogP contribution is 2.11. The Morgan fingerprint density at radius 2 is 2.12 bits per heavy atom. The van der Waals surface area contributed by atoms with Crippen molar-refractivity contribution >= 4 is 11.8 Å². The van der Waals surface area contributed by atoms with E-state index < -0.39 is 0 Å². The highest BCUT2D eigenvalue weighted by Gasteiger charge is 2.26. The Bertz CT molecular complexity index is 582. The fourth-order valence-electron chi connectivity index (χ4n) is 3.22. The van der Waals surface area contributed by atoms with E-state index in [1.54, 1.807) is 24.0 Å². The minimum absolute atomic E-state index is 0.0609. The predicted molar refractivity (Wildman–Crippen MR) is 87.5 cm³/mol. The molecular formula is C16H25N5O3. The Labute approximate surface area is 141 Å². The van der Waals surface area contributed by atoms with E-state index in [-0.39, 0.29) is 17.9 Å². The number of nitrogens with one attached hydrogen (secondary N) is 1. The van der Waals surface area contributed by atoms with Crippen molar-refractivity contribution in [2.45, 2.75) is 18.9 Å². The molecule has 2 saturated heterocycles. The van der Waals surface area contributed by atoms with Crippen molar-refractivity contribution in [1.29, 1.82) is 0 Å². The molecule has 1 atom stereocenters. The molecule has 3 heterocycles. The Balaban J connectivity index is 1.48. The van der Waals surface area contributed by atoms with E-state index in [9.17, 15) is 9.59 Å². The van der Waals surface area contributed by atoms with E-state index in [1.807, 2.05) is 4.90 Å². The summed E-state index contributed by atoms with van der Waals surface area (Å²) in [6.45, 7) is 4.60. The van der Waals surface area contributed by atoms with Gasteiger partial charge in [0, 0.05) is 38.9 Å². The maximum absolute atomic E-state index is 12.3. The van der Waals surface area contributed by atoms with Gasteiger partial charge in [-0.05, 0) is 25.5 Å². The number of hydrogen-bond donors (Lipinski definition) is 1. The lowest BCUT2D eigenvalue weighted by Crippen LogP contribution is -2.52. The van der Waals surface area contributed by atoms with Crippen LogP contribution < -0.4 is 5.32 Å². The zero-order valence-electron chi connectivity index (χ0n) is 14.1. The second kappa shape index (κ2) is 7.76. The molecule has 1 aromatic rings. The van der Waals surface area contributed by atoms with E-state index in [4.69, 9.17) is 4.74 Å². The monoisotopic (exact) mass is 335 g/mol. The Hall–Kier alpha value is -1.93. The number of hydrogen-bond acceptors (Lipinski definition) is 5. The normalized spacial score (nSPS) is 22.4. The van der Waals surface area contributed by atoms with Crippen molar-refractivity contribution in [3.05, 3.63) is 18.0 Å². The molecule has 2 fully saturated rings. The van der Waals surface area contributed by atoms with Crippen LogP contribution in [0.15, 0.2) is 12.3 Å². The molecule has 1 aromatic heterocycles. The van der Waals surface area contributed by atoms with Crippen molar-refractivity contribution in [3.63, 3.8) is 0 Å². The summed E-state index contributed by atoms with van der Waals surface area (Å²) in [5, 5.41) is 7.15. The van der Waals surface area contributed by atoms with Crippen LogP contribution in [0.4, 0.5) is 0 Å². The van der Waals surface area contributed by atoms with E-state index >= 15 is 0 Å². The van der Waals surface area contributed by atoms with Gasteiger partial charge in [-0.3, -0.25) is 19.2 Å². The van der Waals surface area contributed by atoms with Gasteiger partial charge in [-0.15, -0.1) is 0 Å². The molecule has 3 rings (SSSR count). The third kappa shape index (κ3) is 4.33. The van der Waals surface area contributed by atoms with E-state index in [1.165, 1.54) is 0 Å². The number of nitrogens with zero attached hydrogens (tertiary/aromatic N) is 4. The summed E-state index contributed by atoms with van der Waals surface area (Å²) in [5.74, 6) is -0.00282. The van der Waals surface area contributed by atoms with Crippen molar-refractivity contribution < 1.29 is 14.3 Å². The molecule has 2 aliphatic heterocycles. The van der Waals surface area contributed by atoms with Gasteiger partial charge in [0.05, 0.1) is 19.8 Å². The molecule has 0 bridgehead atoms. The van der Waals surface area contributed by atoms with Gasteiger partial charge in [0.2, 0.25) is 5.91 Å². The van der Waals surface area contributed by atoms with Crippen molar-refractivity contribution in [2.24, 2.45) is 7.05 Å². The van der Waals surface area contributed by atoms with Crippen LogP contribution in [0.5, 0.6) is 0 Å². The number of morpholine rings is 1. The lowest BCUT2D eigenvalue weighted by Gasteiger charge is -2.34. The first-order chi connectivity index (χ1) is 11.6. The van der Waals surface area contributed by atoms with Gasteiger partial charge in [-0.1, -0.05) is 0 Å². The quantitative estimate of drug-likeness (QED) is 0.800. The first kappa shape index (κ1) is 16.9. The van der Waals surface area contributed by atoms with E-state index in [0.717, 1.165) is 19.4 Å². The standard InChI is InChI=1S/C16H25N5O3/c1-19-6-4-14(18-19)16(23)17-13-3-2-5-20(11-13)12-15(22)21-7-9-24-10-8-21/h4,6,13H,2-3,5,7-12H2,1H3,(H,17,23). The van der Waals surface area contributed by atoms with Crippen molar-refractivity contribution in [1.82, 2.24) is 24.9 Å². The SMILES string of the molecule is Cn1ccc(C(=O)NC2CCCN(CC(=O)N3CCOCC3)C2)n1. The molecule has 8 heteroatoms. The van der Waals surface area contributed by atoms with Crippen LogP contribution in [0.2, 0.25) is 0 Å². The maximum atomic E-state index is 12.3. The summed E-state index contributed by atoms with van der Waals surface area (Å²) in [4.78, 5) is 28.5. The van der Waals surface area contributed by atoms with Crippen LogP contribution in [-0.2, 0) is 16.6 Å². The number of ether oxygens (including phenoxy) is 1. The lowest BCUT2D eigenvalue weighted by atomic mass is 10.1. The molecule has 0 saturated carbocycles. The van der Waals surface area contributed by atoms with E-state index in [2.05, 4.69) is 15.3 Å². The number of carbonyl (C=O) groups is 2. The van der Waals surface area contributed by atoms with Gasteiger partial charge in [0.1, 0.15) is 5.69 Å². The summed E-state index contributed by atoms with van der Waals surface area (Å²) in [7, 11) is 1.79. The Kier molecular flexibility index (Phi) is 5.47. The summed E-state index contributed by atoms with van der Waals surface area (Å²) >= 11 is 0. The number of carbonyl (C=O) groups excluding carboxylic acids is 2. The maximum Gasteiger partial charge on any atom is 0.272 e. The first-order valence-electron chi connectivity index (χ1n) is 8.50. The van der Waals surface area contributed by atoms with Crippen LogP contribution >= 0.6 is 0 Å². The lowest BCUT2D eigenvalue weighted by molar-refractivity contribution is -0.136. The number of rotatable bonds is 4. The number of amides is 2. The highest BCUT2D eigenvalue weighted by molar-refractivity contribution is 5.92. The number of aromatic nitrogens is 2. The Morgan fingerprint density at radius 3 is 2.83 bits per heavy atom. The molecule has 8 nitrogen and oxygen atoms in total. The molecule has 0 aliphatic carbocycles. The topological polar surface area (TPSA) is 79.7 Å². The second-order valence-electron chi connectivity index (χ2n) is 6.42. The third-order valence-corrected chi connectivity index (χ3v) is 4.51. The van der Waals surface area contributed by atoms with Crippen LogP contribution in [0.1, 0.15) is 23.3 Å². The van der Waals surface area contributed by atoms with Crippen molar-refractivity contribution in [2.75, 3.05) is 45.9 Å². The molecular weight excluding hydrogens is 310 g/mol. The first-order valence-corrected chi connectivity index (χ1v) is 8.50. The molecule has 2 aliphatic rings. The third-order valence-electron chi connectivity index (χ3n) is 4.51. The minimum atomic E-state index is -0.151. The number of aryl methyl sites for hydroxylation is 1. The summed E-state index contributed by atoms with van der Waals surface area (Å²) in [6.07, 6.45) is 3.66. The van der Waals surface area contributed by atoms with Gasteiger partial charge in [0.25, 0.3) is 5.91 Å². The van der Waals surface area contributed by atoms with Crippen molar-refractivity contribution in [3.8, 4) is 0 Å². The largest absolute Gasteiger partial charge is 0.378 e. The van der Waals surface area contributed by atoms with Crippen LogP contribution in [0.25, 0.3) is 0 Å². The predicted octanol–water partition coefficient (Wildman–Crippen LogP) is -0.527. The van der Waals surface area contributed by atoms with Gasteiger partial charge in [-0.25, -0.2) is 0 Å². The van der Waals surface area contributed by atoms with Gasteiger partial charge >= 0.3 is 0 Å². The van der Waals surface area contributed by atoms with Crippen LogP contribution in [0.3, 0.4) is 0 Å². The van der Waals surface area contributed by atoms with Gasteiger partial charge < -0.3 is 15.0 Å². The molecule has 0 aromatic carbocycles.